The fourth-order valence-corrected chi connectivity index (χ4v) is 3.36. The summed E-state index contributed by atoms with van der Waals surface area (Å²) in [5.74, 6) is -2.71. The second kappa shape index (κ2) is 6.29. The Balaban J connectivity index is 2.10. The molecule has 0 spiro atoms. The van der Waals surface area contributed by atoms with Crippen LogP contribution in [0, 0.1) is 5.82 Å². The van der Waals surface area contributed by atoms with Gasteiger partial charge in [-0.1, -0.05) is 18.2 Å². The number of benzene rings is 2. The second-order valence-corrected chi connectivity index (χ2v) is 6.02. The molecule has 0 atom stereocenters. The Bertz CT molecular complexity index is 947. The summed E-state index contributed by atoms with van der Waals surface area (Å²) in [4.78, 5) is 22.0. The summed E-state index contributed by atoms with van der Waals surface area (Å²) < 4.78 is 19.1. The van der Waals surface area contributed by atoms with Crippen molar-refractivity contribution in [3.05, 3.63) is 53.2 Å². The van der Waals surface area contributed by atoms with Gasteiger partial charge in [0, 0.05) is 10.1 Å². The van der Waals surface area contributed by atoms with Crippen molar-refractivity contribution < 1.29 is 28.9 Å². The first kappa shape index (κ1) is 15.9. The van der Waals surface area contributed by atoms with Crippen LogP contribution in [0.4, 0.5) is 4.39 Å². The van der Waals surface area contributed by atoms with Gasteiger partial charge in [0.25, 0.3) is 0 Å². The highest BCUT2D eigenvalue weighted by atomic mass is 32.1. The highest BCUT2D eigenvalue weighted by Crippen LogP contribution is 2.39. The molecule has 24 heavy (non-hydrogen) atoms. The second-order valence-electron chi connectivity index (χ2n) is 4.97. The summed E-state index contributed by atoms with van der Waals surface area (Å²) in [5.41, 5.74) is 1.39. The summed E-state index contributed by atoms with van der Waals surface area (Å²) in [6.07, 6.45) is 0. The number of rotatable bonds is 5. The molecule has 0 saturated carbocycles. The molecule has 7 heteroatoms. The summed E-state index contributed by atoms with van der Waals surface area (Å²) >= 11 is 0.985. The normalized spacial score (nSPS) is 10.7. The van der Waals surface area contributed by atoms with Crippen molar-refractivity contribution in [2.75, 3.05) is 6.61 Å². The van der Waals surface area contributed by atoms with Gasteiger partial charge >= 0.3 is 11.9 Å². The predicted molar refractivity (Wildman–Crippen MR) is 87.3 cm³/mol. The molecule has 0 unspecified atom stereocenters. The molecule has 1 heterocycles. The van der Waals surface area contributed by atoms with Crippen LogP contribution in [0.3, 0.4) is 0 Å². The molecular weight excluding hydrogens is 335 g/mol. The minimum Gasteiger partial charge on any atom is -0.479 e. The van der Waals surface area contributed by atoms with Crippen LogP contribution in [0.1, 0.15) is 9.67 Å². The molecule has 0 aliphatic rings. The fraction of sp³-hybridized carbons (Fsp3) is 0.0588. The quantitative estimate of drug-likeness (QED) is 0.733. The van der Waals surface area contributed by atoms with Crippen LogP contribution in [0.25, 0.3) is 21.2 Å². The van der Waals surface area contributed by atoms with E-state index in [1.54, 1.807) is 30.3 Å². The van der Waals surface area contributed by atoms with Crippen LogP contribution in [0.5, 0.6) is 5.75 Å². The number of ether oxygens (including phenoxy) is 1. The number of carbonyl (C=O) groups is 2. The third-order valence-corrected chi connectivity index (χ3v) is 4.46. The minimum absolute atomic E-state index is 0.0377. The van der Waals surface area contributed by atoms with E-state index in [9.17, 15) is 19.1 Å². The smallest absolute Gasteiger partial charge is 0.349 e. The van der Waals surface area contributed by atoms with Gasteiger partial charge in [-0.25, -0.2) is 14.0 Å². The Morgan fingerprint density at radius 2 is 1.83 bits per heavy atom. The number of thiophene rings is 1. The van der Waals surface area contributed by atoms with Gasteiger partial charge in [0.15, 0.2) is 17.2 Å². The van der Waals surface area contributed by atoms with E-state index < -0.39 is 18.5 Å². The Morgan fingerprint density at radius 3 is 2.50 bits per heavy atom. The maximum absolute atomic E-state index is 13.4. The van der Waals surface area contributed by atoms with Crippen molar-refractivity contribution in [3.8, 4) is 16.9 Å². The third kappa shape index (κ3) is 3.07. The molecule has 0 aliphatic carbocycles. The van der Waals surface area contributed by atoms with Crippen LogP contribution < -0.4 is 4.74 Å². The van der Waals surface area contributed by atoms with E-state index in [4.69, 9.17) is 9.84 Å². The first-order chi connectivity index (χ1) is 11.5. The van der Waals surface area contributed by atoms with Crippen LogP contribution in [-0.4, -0.2) is 28.8 Å². The number of aromatic carboxylic acids is 1. The van der Waals surface area contributed by atoms with Gasteiger partial charge in [-0.3, -0.25) is 0 Å². The zero-order valence-electron chi connectivity index (χ0n) is 12.2. The standard InChI is InChI=1S/C17H11FO5S/c18-11-3-1-2-9(6-11)10-4-5-12-13(7-10)24-16(17(21)22)15(12)23-8-14(19)20/h1-7H,8H2,(H,19,20)(H,21,22). The van der Waals surface area contributed by atoms with Crippen LogP contribution in [0.2, 0.25) is 0 Å². The van der Waals surface area contributed by atoms with Gasteiger partial charge < -0.3 is 14.9 Å². The van der Waals surface area contributed by atoms with Gasteiger partial charge in [0.05, 0.1) is 0 Å². The van der Waals surface area contributed by atoms with Gasteiger partial charge in [-0.15, -0.1) is 11.3 Å². The number of halogens is 1. The lowest BCUT2D eigenvalue weighted by molar-refractivity contribution is -0.139. The number of carboxylic acid groups (broad SMARTS) is 2. The highest BCUT2D eigenvalue weighted by molar-refractivity contribution is 7.21. The first-order valence-electron chi connectivity index (χ1n) is 6.86. The van der Waals surface area contributed by atoms with E-state index in [1.807, 2.05) is 0 Å². The summed E-state index contributed by atoms with van der Waals surface area (Å²) in [5, 5.41) is 18.5. The van der Waals surface area contributed by atoms with Gasteiger partial charge in [0.2, 0.25) is 0 Å². The Kier molecular flexibility index (Phi) is 4.18. The number of aliphatic carboxylic acids is 1. The molecule has 122 valence electrons. The molecule has 3 rings (SSSR count). The van der Waals surface area contributed by atoms with Crippen molar-refractivity contribution in [1.29, 1.82) is 0 Å². The molecule has 0 saturated heterocycles. The average Bonchev–Trinajstić information content (AvgIpc) is 2.91. The average molecular weight is 346 g/mol. The monoisotopic (exact) mass is 346 g/mol. The highest BCUT2D eigenvalue weighted by Gasteiger charge is 2.20. The third-order valence-electron chi connectivity index (χ3n) is 3.34. The van der Waals surface area contributed by atoms with E-state index in [0.717, 1.165) is 16.9 Å². The zero-order chi connectivity index (χ0) is 17.3. The molecule has 0 aliphatic heterocycles. The summed E-state index contributed by atoms with van der Waals surface area (Å²) in [7, 11) is 0. The van der Waals surface area contributed by atoms with Crippen LogP contribution in [-0.2, 0) is 4.79 Å². The topological polar surface area (TPSA) is 83.8 Å². The first-order valence-corrected chi connectivity index (χ1v) is 7.67. The minimum atomic E-state index is -1.19. The number of hydrogen-bond acceptors (Lipinski definition) is 4. The summed E-state index contributed by atoms with van der Waals surface area (Å²) in [6.45, 7) is -0.627. The molecular formula is C17H11FO5S. The molecule has 5 nitrogen and oxygen atoms in total. The van der Waals surface area contributed by atoms with Crippen LogP contribution in [0.15, 0.2) is 42.5 Å². The van der Waals surface area contributed by atoms with Gasteiger partial charge in [-0.05, 0) is 35.4 Å². The van der Waals surface area contributed by atoms with Gasteiger partial charge in [0.1, 0.15) is 5.82 Å². The Labute approximate surface area is 139 Å². The number of fused-ring (bicyclic) bond motifs is 1. The maximum atomic E-state index is 13.4. The lowest BCUT2D eigenvalue weighted by atomic mass is 10.0. The molecule has 2 N–H and O–H groups in total. The lowest BCUT2D eigenvalue weighted by Crippen LogP contribution is -2.10. The van der Waals surface area contributed by atoms with E-state index >= 15 is 0 Å². The molecule has 0 amide bonds. The van der Waals surface area contributed by atoms with Crippen molar-refractivity contribution in [3.63, 3.8) is 0 Å². The Hall–Kier alpha value is -2.93. The van der Waals surface area contributed by atoms with Crippen LogP contribution >= 0.6 is 11.3 Å². The zero-order valence-corrected chi connectivity index (χ0v) is 13.0. The molecule has 0 radical (unpaired) electrons. The van der Waals surface area contributed by atoms with Gasteiger partial charge in [-0.2, -0.15) is 0 Å². The summed E-state index contributed by atoms with van der Waals surface area (Å²) in [6, 6.07) is 11.2. The number of carboxylic acids is 2. The van der Waals surface area contributed by atoms with E-state index in [2.05, 4.69) is 0 Å². The lowest BCUT2D eigenvalue weighted by Gasteiger charge is -2.05. The molecule has 0 fully saturated rings. The molecule has 0 bridgehead atoms. The molecule has 2 aromatic carbocycles. The number of hydrogen-bond donors (Lipinski definition) is 2. The van der Waals surface area contributed by atoms with E-state index in [0.29, 0.717) is 15.6 Å². The Morgan fingerprint density at radius 1 is 1.08 bits per heavy atom. The fourth-order valence-electron chi connectivity index (χ4n) is 2.34. The molecule has 3 aromatic rings. The maximum Gasteiger partial charge on any atom is 0.349 e. The van der Waals surface area contributed by atoms with Crippen molar-refractivity contribution in [1.82, 2.24) is 0 Å². The largest absolute Gasteiger partial charge is 0.479 e. The van der Waals surface area contributed by atoms with E-state index in [-0.39, 0.29) is 16.4 Å². The predicted octanol–water partition coefficient (Wildman–Crippen LogP) is 3.87. The van der Waals surface area contributed by atoms with Crippen molar-refractivity contribution in [2.24, 2.45) is 0 Å². The SMILES string of the molecule is O=C(O)COc1c(C(=O)O)sc2cc(-c3cccc(F)c3)ccc12. The molecule has 1 aromatic heterocycles. The van der Waals surface area contributed by atoms with Crippen molar-refractivity contribution in [2.45, 2.75) is 0 Å². The van der Waals surface area contributed by atoms with Crippen molar-refractivity contribution >= 4 is 33.4 Å². The van der Waals surface area contributed by atoms with E-state index in [1.165, 1.54) is 12.1 Å².